The number of thiophene rings is 2. The molecule has 0 spiro atoms. The van der Waals surface area contributed by atoms with Gasteiger partial charge in [0.2, 0.25) is 0 Å². The molecule has 1 amide bonds. The molecule has 3 aromatic heterocycles. The molecule has 0 fully saturated rings. The van der Waals surface area contributed by atoms with Crippen LogP contribution in [0.4, 0.5) is 10.7 Å². The van der Waals surface area contributed by atoms with Crippen molar-refractivity contribution in [2.24, 2.45) is 0 Å². The van der Waals surface area contributed by atoms with Crippen molar-refractivity contribution in [2.45, 2.75) is 58.3 Å². The molecule has 0 saturated heterocycles. The number of nitrogens with zero attached hydrogens (tertiary/aromatic N) is 1. The molecule has 1 aliphatic carbocycles. The number of hydrogen-bond acceptors (Lipinski definition) is 7. The SMILES string of the molecule is COC(=O)c1c(NC(=O)c2sc3nc(C(C)C)ccc3c2N)sc2c1CCCCCC2. The van der Waals surface area contributed by atoms with Crippen LogP contribution in [0.2, 0.25) is 0 Å². The molecule has 0 unspecified atom stereocenters. The number of rotatable bonds is 4. The first-order chi connectivity index (χ1) is 14.9. The Labute approximate surface area is 189 Å². The Morgan fingerprint density at radius 2 is 1.87 bits per heavy atom. The summed E-state index contributed by atoms with van der Waals surface area (Å²) in [5.74, 6) is -0.426. The monoisotopic (exact) mass is 457 g/mol. The first kappa shape index (κ1) is 21.8. The largest absolute Gasteiger partial charge is 0.465 e. The van der Waals surface area contributed by atoms with Gasteiger partial charge in [-0.3, -0.25) is 4.79 Å². The highest BCUT2D eigenvalue weighted by molar-refractivity contribution is 7.21. The van der Waals surface area contributed by atoms with Gasteiger partial charge in [0.25, 0.3) is 5.91 Å². The van der Waals surface area contributed by atoms with E-state index in [1.807, 2.05) is 12.1 Å². The summed E-state index contributed by atoms with van der Waals surface area (Å²) in [5, 5.41) is 4.30. The lowest BCUT2D eigenvalue weighted by molar-refractivity contribution is 0.0601. The maximum Gasteiger partial charge on any atom is 0.341 e. The van der Waals surface area contributed by atoms with Gasteiger partial charge in [0, 0.05) is 16.0 Å². The summed E-state index contributed by atoms with van der Waals surface area (Å²) >= 11 is 2.77. The minimum absolute atomic E-state index is 0.290. The number of amides is 1. The lowest BCUT2D eigenvalue weighted by atomic mass is 9.96. The number of anilines is 2. The molecular weight excluding hydrogens is 430 g/mol. The van der Waals surface area contributed by atoms with E-state index in [0.29, 0.717) is 27.0 Å². The third-order valence-corrected chi connectivity index (χ3v) is 8.02. The van der Waals surface area contributed by atoms with Gasteiger partial charge in [-0.25, -0.2) is 9.78 Å². The van der Waals surface area contributed by atoms with Crippen LogP contribution >= 0.6 is 22.7 Å². The quantitative estimate of drug-likeness (QED) is 0.486. The third kappa shape index (κ3) is 4.19. The molecule has 6 nitrogen and oxygen atoms in total. The molecule has 31 heavy (non-hydrogen) atoms. The Hall–Kier alpha value is -2.45. The summed E-state index contributed by atoms with van der Waals surface area (Å²) in [6, 6.07) is 3.88. The number of methoxy groups -OCH3 is 1. The zero-order chi connectivity index (χ0) is 22.1. The fraction of sp³-hybridized carbons (Fsp3) is 0.435. The van der Waals surface area contributed by atoms with Crippen molar-refractivity contribution in [3.63, 3.8) is 0 Å². The number of aryl methyl sites for hydroxylation is 1. The molecule has 164 valence electrons. The van der Waals surface area contributed by atoms with Crippen LogP contribution in [0.25, 0.3) is 10.2 Å². The Morgan fingerprint density at radius 3 is 2.58 bits per heavy atom. The molecule has 0 saturated carbocycles. The van der Waals surface area contributed by atoms with Crippen molar-refractivity contribution in [1.29, 1.82) is 0 Å². The van der Waals surface area contributed by atoms with Crippen molar-refractivity contribution < 1.29 is 14.3 Å². The van der Waals surface area contributed by atoms with Gasteiger partial charge in [-0.05, 0) is 49.3 Å². The minimum Gasteiger partial charge on any atom is -0.465 e. The normalized spacial score (nSPS) is 14.2. The molecule has 0 aromatic carbocycles. The summed E-state index contributed by atoms with van der Waals surface area (Å²) in [4.78, 5) is 32.8. The Kier molecular flexibility index (Phi) is 6.29. The summed E-state index contributed by atoms with van der Waals surface area (Å²) in [6.45, 7) is 4.16. The molecule has 1 aliphatic rings. The van der Waals surface area contributed by atoms with Gasteiger partial charge >= 0.3 is 5.97 Å². The van der Waals surface area contributed by atoms with Gasteiger partial charge in [0.15, 0.2) is 0 Å². The molecule has 0 bridgehead atoms. The van der Waals surface area contributed by atoms with Crippen LogP contribution in [0.3, 0.4) is 0 Å². The number of hydrogen-bond donors (Lipinski definition) is 2. The highest BCUT2D eigenvalue weighted by atomic mass is 32.1. The van der Waals surface area contributed by atoms with E-state index in [1.54, 1.807) is 0 Å². The number of nitrogens with one attached hydrogen (secondary N) is 1. The molecule has 8 heteroatoms. The van der Waals surface area contributed by atoms with Crippen LogP contribution in [0, 0.1) is 0 Å². The minimum atomic E-state index is -0.402. The van der Waals surface area contributed by atoms with E-state index in [9.17, 15) is 9.59 Å². The fourth-order valence-electron chi connectivity index (χ4n) is 3.99. The van der Waals surface area contributed by atoms with Gasteiger partial charge in [-0.2, -0.15) is 0 Å². The van der Waals surface area contributed by atoms with Crippen LogP contribution in [-0.2, 0) is 17.6 Å². The second-order valence-corrected chi connectivity index (χ2v) is 10.3. The van der Waals surface area contributed by atoms with Crippen molar-refractivity contribution >= 4 is 55.5 Å². The summed E-state index contributed by atoms with van der Waals surface area (Å²) in [6.07, 6.45) is 6.23. The van der Waals surface area contributed by atoms with Crippen LogP contribution < -0.4 is 11.1 Å². The van der Waals surface area contributed by atoms with E-state index in [2.05, 4.69) is 24.1 Å². The standard InChI is InChI=1S/C23H27N3O3S2/c1-12(2)15-11-10-14-18(24)19(31-21(14)25-15)20(27)26-22-17(23(28)29-3)13-8-6-4-5-7-9-16(13)30-22/h10-12H,4-9,24H2,1-3H3,(H,26,27). The number of fused-ring (bicyclic) bond motifs is 2. The topological polar surface area (TPSA) is 94.3 Å². The van der Waals surface area contributed by atoms with Crippen molar-refractivity contribution in [3.05, 3.63) is 38.7 Å². The molecule has 3 N–H and O–H groups in total. The van der Waals surface area contributed by atoms with Gasteiger partial charge in [-0.15, -0.1) is 22.7 Å². The van der Waals surface area contributed by atoms with Crippen molar-refractivity contribution in [3.8, 4) is 0 Å². The highest BCUT2D eigenvalue weighted by Crippen LogP contribution is 2.39. The average Bonchev–Trinajstić information content (AvgIpc) is 3.24. The number of ether oxygens (including phenoxy) is 1. The van der Waals surface area contributed by atoms with E-state index >= 15 is 0 Å². The lowest BCUT2D eigenvalue weighted by Crippen LogP contribution is -2.15. The molecule has 3 aromatic rings. The van der Waals surface area contributed by atoms with Crippen molar-refractivity contribution in [1.82, 2.24) is 4.98 Å². The van der Waals surface area contributed by atoms with Crippen molar-refractivity contribution in [2.75, 3.05) is 18.2 Å². The van der Waals surface area contributed by atoms with Gasteiger partial charge in [0.05, 0.1) is 18.4 Å². The Bertz CT molecular complexity index is 1150. The highest BCUT2D eigenvalue weighted by Gasteiger charge is 2.27. The number of nitrogen functional groups attached to an aromatic ring is 1. The van der Waals surface area contributed by atoms with E-state index in [-0.39, 0.29) is 5.91 Å². The zero-order valence-corrected chi connectivity index (χ0v) is 19.7. The summed E-state index contributed by atoms with van der Waals surface area (Å²) < 4.78 is 5.05. The fourth-order valence-corrected chi connectivity index (χ4v) is 6.26. The van der Waals surface area contributed by atoms with E-state index < -0.39 is 5.97 Å². The number of carbonyl (C=O) groups is 2. The summed E-state index contributed by atoms with van der Waals surface area (Å²) in [5.41, 5.74) is 9.22. The number of esters is 1. The molecule has 0 aliphatic heterocycles. The number of pyridine rings is 1. The third-order valence-electron chi connectivity index (χ3n) is 5.70. The summed E-state index contributed by atoms with van der Waals surface area (Å²) in [7, 11) is 1.38. The first-order valence-corrected chi connectivity index (χ1v) is 12.3. The molecular formula is C23H27N3O3S2. The number of aromatic nitrogens is 1. The Morgan fingerprint density at radius 1 is 1.13 bits per heavy atom. The molecule has 0 atom stereocenters. The van der Waals surface area contributed by atoms with E-state index in [0.717, 1.165) is 53.6 Å². The number of carbonyl (C=O) groups excluding carboxylic acids is 2. The van der Waals surface area contributed by atoms with Crippen LogP contribution in [-0.4, -0.2) is 24.0 Å². The second-order valence-electron chi connectivity index (χ2n) is 8.16. The predicted molar refractivity (Wildman–Crippen MR) is 128 cm³/mol. The number of nitrogens with two attached hydrogens (primary N) is 1. The smallest absolute Gasteiger partial charge is 0.341 e. The van der Waals surface area contributed by atoms with Gasteiger partial charge in [-0.1, -0.05) is 26.7 Å². The maximum absolute atomic E-state index is 13.2. The molecule has 4 rings (SSSR count). The van der Waals surface area contributed by atoms with Crippen LogP contribution in [0.5, 0.6) is 0 Å². The van der Waals surface area contributed by atoms with E-state index in [1.165, 1.54) is 41.1 Å². The van der Waals surface area contributed by atoms with Gasteiger partial charge in [0.1, 0.15) is 14.7 Å². The first-order valence-electron chi connectivity index (χ1n) is 10.6. The zero-order valence-electron chi connectivity index (χ0n) is 18.0. The lowest BCUT2D eigenvalue weighted by Gasteiger charge is -2.11. The predicted octanol–water partition coefficient (Wildman–Crippen LogP) is 5.76. The van der Waals surface area contributed by atoms with Crippen LogP contribution in [0.1, 0.15) is 81.6 Å². The van der Waals surface area contributed by atoms with Gasteiger partial charge < -0.3 is 15.8 Å². The average molecular weight is 458 g/mol. The van der Waals surface area contributed by atoms with E-state index in [4.69, 9.17) is 10.5 Å². The molecule has 3 heterocycles. The molecule has 0 radical (unpaired) electrons. The van der Waals surface area contributed by atoms with Crippen LogP contribution in [0.15, 0.2) is 12.1 Å². The maximum atomic E-state index is 13.2. The Balaban J connectivity index is 1.70. The second kappa shape index (κ2) is 8.96.